The lowest BCUT2D eigenvalue weighted by atomic mass is 9.91. The number of thiophene rings is 1. The van der Waals surface area contributed by atoms with Gasteiger partial charge in [0.05, 0.1) is 0 Å². The maximum absolute atomic E-state index is 6.54. The van der Waals surface area contributed by atoms with Crippen LogP contribution in [-0.2, 0) is 0 Å². The molecule has 3 heterocycles. The Kier molecular flexibility index (Phi) is 6.51. The van der Waals surface area contributed by atoms with Crippen molar-refractivity contribution in [3.05, 3.63) is 163 Å². The van der Waals surface area contributed by atoms with Crippen LogP contribution in [0.2, 0.25) is 0 Å². The predicted octanol–water partition coefficient (Wildman–Crippen LogP) is 13.0. The van der Waals surface area contributed by atoms with Crippen LogP contribution in [0.4, 0.5) is 0 Å². The highest BCUT2D eigenvalue weighted by atomic mass is 32.1. The molecule has 52 heavy (non-hydrogen) atoms. The molecule has 4 nitrogen and oxygen atoms in total. The number of para-hydroxylation sites is 1. The van der Waals surface area contributed by atoms with Gasteiger partial charge in [-0.25, -0.2) is 15.0 Å². The van der Waals surface area contributed by atoms with Crippen LogP contribution < -0.4 is 0 Å². The standard InChI is InChI=1S/C47H29N3OS/c1-2-11-30(12-3-1)45-48-46(50-47(49-45)33-24-25-35-32(26-33)23-20-28-10-4-5-13-34(28)35)31-21-18-29(19-22-31)38-27-39-36-14-6-8-16-40(36)51-43(39)42-37-15-7-9-17-41(37)52-44(38)42/h1-18,20-21,23-27H,19,22H2. The molecule has 10 aromatic rings. The van der Waals surface area contributed by atoms with Gasteiger partial charge in [0.25, 0.3) is 0 Å². The molecule has 11 rings (SSSR count). The van der Waals surface area contributed by atoms with Crippen molar-refractivity contribution in [2.24, 2.45) is 0 Å². The number of benzene rings is 7. The first kappa shape index (κ1) is 29.3. The molecular formula is C47H29N3OS. The van der Waals surface area contributed by atoms with Crippen LogP contribution in [0, 0.1) is 0 Å². The van der Waals surface area contributed by atoms with Crippen molar-refractivity contribution in [2.75, 3.05) is 0 Å². The Morgan fingerprint density at radius 1 is 0.481 bits per heavy atom. The maximum atomic E-state index is 6.54. The summed E-state index contributed by atoms with van der Waals surface area (Å²) in [5, 5.41) is 9.63. The highest BCUT2D eigenvalue weighted by molar-refractivity contribution is 7.26. The van der Waals surface area contributed by atoms with Crippen LogP contribution in [0.5, 0.6) is 0 Å². The number of hydrogen-bond donors (Lipinski definition) is 0. The third kappa shape index (κ3) is 4.63. The molecular weight excluding hydrogens is 655 g/mol. The SMILES string of the molecule is C1=C(c2nc(-c3ccccc3)nc(-c3ccc4c(ccc5ccccc54)c3)n2)CCC(c2cc3c4ccccc4oc3c3c2sc2ccccc23)=C1. The zero-order valence-electron chi connectivity index (χ0n) is 28.0. The molecule has 0 atom stereocenters. The molecule has 0 aliphatic heterocycles. The summed E-state index contributed by atoms with van der Waals surface area (Å²) in [4.78, 5) is 15.2. The van der Waals surface area contributed by atoms with Gasteiger partial charge in [-0.05, 0) is 75.4 Å². The lowest BCUT2D eigenvalue weighted by Gasteiger charge is -2.16. The molecule has 0 saturated carbocycles. The summed E-state index contributed by atoms with van der Waals surface area (Å²) in [6.45, 7) is 0. The van der Waals surface area contributed by atoms with E-state index in [4.69, 9.17) is 19.4 Å². The van der Waals surface area contributed by atoms with Gasteiger partial charge in [-0.15, -0.1) is 11.3 Å². The molecule has 0 N–H and O–H groups in total. The van der Waals surface area contributed by atoms with E-state index in [2.05, 4.69) is 127 Å². The number of allylic oxidation sites excluding steroid dienone is 4. The highest BCUT2D eigenvalue weighted by Crippen LogP contribution is 2.47. The van der Waals surface area contributed by atoms with Crippen molar-refractivity contribution in [3.63, 3.8) is 0 Å². The van der Waals surface area contributed by atoms with Gasteiger partial charge in [0, 0.05) is 42.1 Å². The van der Waals surface area contributed by atoms with Crippen LogP contribution in [0.3, 0.4) is 0 Å². The second-order valence-electron chi connectivity index (χ2n) is 13.5. The number of aromatic nitrogens is 3. The van der Waals surface area contributed by atoms with E-state index in [1.165, 1.54) is 52.9 Å². The highest BCUT2D eigenvalue weighted by Gasteiger charge is 2.22. The molecule has 0 amide bonds. The zero-order valence-corrected chi connectivity index (χ0v) is 28.8. The van der Waals surface area contributed by atoms with E-state index in [1.807, 2.05) is 35.6 Å². The van der Waals surface area contributed by atoms with Crippen molar-refractivity contribution in [1.29, 1.82) is 0 Å². The molecule has 5 heteroatoms. The number of rotatable bonds is 4. The van der Waals surface area contributed by atoms with E-state index in [9.17, 15) is 0 Å². The van der Waals surface area contributed by atoms with Gasteiger partial charge in [-0.2, -0.15) is 0 Å². The van der Waals surface area contributed by atoms with Crippen molar-refractivity contribution in [1.82, 2.24) is 15.0 Å². The normalized spacial score (nSPS) is 13.5. The summed E-state index contributed by atoms with van der Waals surface area (Å²) in [7, 11) is 0. The Bertz CT molecular complexity index is 3130. The van der Waals surface area contributed by atoms with Gasteiger partial charge in [0.2, 0.25) is 0 Å². The Morgan fingerprint density at radius 2 is 1.15 bits per heavy atom. The van der Waals surface area contributed by atoms with E-state index in [-0.39, 0.29) is 0 Å². The van der Waals surface area contributed by atoms with Gasteiger partial charge >= 0.3 is 0 Å². The van der Waals surface area contributed by atoms with E-state index in [0.717, 1.165) is 57.3 Å². The van der Waals surface area contributed by atoms with Gasteiger partial charge < -0.3 is 4.42 Å². The second kappa shape index (κ2) is 11.6. The second-order valence-corrected chi connectivity index (χ2v) is 14.5. The summed E-state index contributed by atoms with van der Waals surface area (Å²) >= 11 is 1.85. The van der Waals surface area contributed by atoms with Gasteiger partial charge in [0.1, 0.15) is 11.2 Å². The smallest absolute Gasteiger partial charge is 0.164 e. The van der Waals surface area contributed by atoms with Gasteiger partial charge in [-0.3, -0.25) is 0 Å². The molecule has 0 bridgehead atoms. The molecule has 0 fully saturated rings. The van der Waals surface area contributed by atoms with E-state index in [0.29, 0.717) is 11.6 Å². The topological polar surface area (TPSA) is 51.8 Å². The fourth-order valence-electron chi connectivity index (χ4n) is 7.87. The molecule has 3 aromatic heterocycles. The quantitative estimate of drug-likeness (QED) is 0.173. The van der Waals surface area contributed by atoms with E-state index in [1.54, 1.807) is 0 Å². The van der Waals surface area contributed by atoms with Crippen LogP contribution in [0.15, 0.2) is 156 Å². The number of fused-ring (bicyclic) bond motifs is 10. The predicted molar refractivity (Wildman–Crippen MR) is 218 cm³/mol. The molecule has 0 radical (unpaired) electrons. The van der Waals surface area contributed by atoms with Gasteiger partial charge in [-0.1, -0.05) is 127 Å². The van der Waals surface area contributed by atoms with E-state index >= 15 is 0 Å². The summed E-state index contributed by atoms with van der Waals surface area (Å²) < 4.78 is 9.08. The maximum Gasteiger partial charge on any atom is 0.164 e. The summed E-state index contributed by atoms with van der Waals surface area (Å²) in [5.74, 6) is 2.08. The number of nitrogens with zero attached hydrogens (tertiary/aromatic N) is 3. The summed E-state index contributed by atoms with van der Waals surface area (Å²) in [6, 6.07) is 49.0. The molecule has 7 aromatic carbocycles. The third-order valence-electron chi connectivity index (χ3n) is 10.4. The van der Waals surface area contributed by atoms with Gasteiger partial charge in [0.15, 0.2) is 17.5 Å². The number of hydrogen-bond acceptors (Lipinski definition) is 5. The summed E-state index contributed by atoms with van der Waals surface area (Å²) in [5.41, 5.74) is 7.54. The van der Waals surface area contributed by atoms with Crippen LogP contribution >= 0.6 is 11.3 Å². The minimum atomic E-state index is 0.679. The fourth-order valence-corrected chi connectivity index (χ4v) is 9.12. The van der Waals surface area contributed by atoms with Crippen LogP contribution in [-0.4, -0.2) is 15.0 Å². The van der Waals surface area contributed by atoms with Crippen molar-refractivity contribution < 1.29 is 4.42 Å². The van der Waals surface area contributed by atoms with E-state index < -0.39 is 0 Å². The molecule has 0 spiro atoms. The van der Waals surface area contributed by atoms with Crippen LogP contribution in [0.1, 0.15) is 24.2 Å². The average Bonchev–Trinajstić information content (AvgIpc) is 3.79. The molecule has 0 saturated heterocycles. The minimum absolute atomic E-state index is 0.679. The first-order chi connectivity index (χ1) is 25.7. The lowest BCUT2D eigenvalue weighted by molar-refractivity contribution is 0.673. The Hall–Kier alpha value is -6.43. The molecule has 0 unspecified atom stereocenters. The monoisotopic (exact) mass is 683 g/mol. The number of furan rings is 1. The first-order valence-corrected chi connectivity index (χ1v) is 18.5. The lowest BCUT2D eigenvalue weighted by Crippen LogP contribution is -2.04. The van der Waals surface area contributed by atoms with Crippen molar-refractivity contribution in [3.8, 4) is 22.8 Å². The average molecular weight is 684 g/mol. The molecule has 244 valence electrons. The summed E-state index contributed by atoms with van der Waals surface area (Å²) in [6.07, 6.45) is 6.19. The third-order valence-corrected chi connectivity index (χ3v) is 11.6. The molecule has 1 aliphatic carbocycles. The largest absolute Gasteiger partial charge is 0.455 e. The fraction of sp³-hybridized carbons (Fsp3) is 0.0426. The zero-order chi connectivity index (χ0) is 34.2. The Morgan fingerprint density at radius 3 is 2.02 bits per heavy atom. The Balaban J connectivity index is 1.06. The van der Waals surface area contributed by atoms with Crippen LogP contribution in [0.25, 0.3) is 97.6 Å². The molecule has 1 aliphatic rings. The first-order valence-electron chi connectivity index (χ1n) is 17.6. The van der Waals surface area contributed by atoms with Crippen molar-refractivity contribution in [2.45, 2.75) is 12.8 Å². The Labute approximate surface area is 303 Å². The minimum Gasteiger partial charge on any atom is -0.455 e. The van der Waals surface area contributed by atoms with Crippen molar-refractivity contribution >= 4 is 86.1 Å².